The third-order valence-electron chi connectivity index (χ3n) is 5.71. The van der Waals surface area contributed by atoms with E-state index in [1.54, 1.807) is 0 Å². The summed E-state index contributed by atoms with van der Waals surface area (Å²) in [4.78, 5) is 21.3. The van der Waals surface area contributed by atoms with Gasteiger partial charge in [-0.1, -0.05) is 24.3 Å². The lowest BCUT2D eigenvalue weighted by Crippen LogP contribution is -2.05. The number of carbonyl (C=O) groups is 2. The molecule has 0 saturated heterocycles. The van der Waals surface area contributed by atoms with E-state index in [9.17, 15) is 44.7 Å². The Balaban J connectivity index is 0.000000240. The van der Waals surface area contributed by atoms with Crippen LogP contribution in [0.5, 0.6) is 11.5 Å². The molecule has 0 heterocycles. The molecular formula is C30H20F8O6. The first-order valence-electron chi connectivity index (χ1n) is 12.2. The van der Waals surface area contributed by atoms with E-state index in [4.69, 9.17) is 19.7 Å². The topological polar surface area (TPSA) is 93.1 Å². The molecule has 232 valence electrons. The van der Waals surface area contributed by atoms with Crippen molar-refractivity contribution in [3.8, 4) is 11.5 Å². The van der Waals surface area contributed by atoms with Gasteiger partial charge in [-0.05, 0) is 71.8 Å². The lowest BCUT2D eigenvalue weighted by molar-refractivity contribution is -0.138. The second-order valence-corrected chi connectivity index (χ2v) is 8.87. The number of hydrogen-bond donors (Lipinski definition) is 2. The van der Waals surface area contributed by atoms with Crippen molar-refractivity contribution in [2.75, 3.05) is 0 Å². The largest absolute Gasteiger partial charge is 0.486 e. The average molecular weight is 628 g/mol. The third-order valence-corrected chi connectivity index (χ3v) is 5.71. The number of benzene rings is 4. The van der Waals surface area contributed by atoms with Crippen LogP contribution in [0, 0.1) is 11.6 Å². The van der Waals surface area contributed by atoms with Gasteiger partial charge in [-0.3, -0.25) is 0 Å². The monoisotopic (exact) mass is 628 g/mol. The minimum atomic E-state index is -4.42. The summed E-state index contributed by atoms with van der Waals surface area (Å²) in [5, 5.41) is 17.4. The van der Waals surface area contributed by atoms with Crippen LogP contribution in [-0.2, 0) is 25.6 Å². The number of hydrogen-bond acceptors (Lipinski definition) is 4. The number of halogens is 8. The maximum atomic E-state index is 13.6. The molecule has 0 bridgehead atoms. The molecule has 2 N–H and O–H groups in total. The van der Waals surface area contributed by atoms with Crippen molar-refractivity contribution in [1.29, 1.82) is 0 Å². The highest BCUT2D eigenvalue weighted by atomic mass is 19.4. The zero-order valence-corrected chi connectivity index (χ0v) is 22.0. The second-order valence-electron chi connectivity index (χ2n) is 8.87. The summed E-state index contributed by atoms with van der Waals surface area (Å²) < 4.78 is 112. The molecule has 0 aliphatic carbocycles. The predicted octanol–water partition coefficient (Wildman–Crippen LogP) is 8.24. The van der Waals surface area contributed by atoms with Crippen LogP contribution in [0.4, 0.5) is 35.1 Å². The summed E-state index contributed by atoms with van der Waals surface area (Å²) in [6.07, 6.45) is -8.84. The molecule has 0 fully saturated rings. The van der Waals surface area contributed by atoms with Crippen molar-refractivity contribution in [1.82, 2.24) is 0 Å². The summed E-state index contributed by atoms with van der Waals surface area (Å²) in [6, 6.07) is 14.8. The molecule has 0 aliphatic rings. The van der Waals surface area contributed by atoms with Crippen molar-refractivity contribution in [2.45, 2.75) is 25.6 Å². The Kier molecular flexibility index (Phi) is 10.5. The highest BCUT2D eigenvalue weighted by molar-refractivity contribution is 5.88. The van der Waals surface area contributed by atoms with Crippen molar-refractivity contribution in [3.63, 3.8) is 0 Å². The number of carboxylic acid groups (broad SMARTS) is 2. The van der Waals surface area contributed by atoms with Gasteiger partial charge in [0.2, 0.25) is 0 Å². The molecule has 0 aromatic heterocycles. The first kappa shape index (κ1) is 33.4. The fourth-order valence-electron chi connectivity index (χ4n) is 3.40. The normalized spacial score (nSPS) is 11.3. The molecule has 4 rings (SSSR count). The minimum absolute atomic E-state index is 0.137. The van der Waals surface area contributed by atoms with Gasteiger partial charge in [0, 0.05) is 0 Å². The Bertz CT molecular complexity index is 1480. The number of ether oxygens (including phenoxy) is 2. The van der Waals surface area contributed by atoms with Crippen LogP contribution in [-0.4, -0.2) is 22.2 Å². The second kappa shape index (κ2) is 13.9. The van der Waals surface area contributed by atoms with Gasteiger partial charge in [-0.2, -0.15) is 26.3 Å². The highest BCUT2D eigenvalue weighted by Gasteiger charge is 2.30. The fraction of sp³-hybridized carbons (Fsp3) is 0.133. The van der Waals surface area contributed by atoms with E-state index in [1.165, 1.54) is 36.4 Å². The molecular weight excluding hydrogens is 608 g/mol. The molecule has 6 nitrogen and oxygen atoms in total. The van der Waals surface area contributed by atoms with Gasteiger partial charge in [-0.25, -0.2) is 18.4 Å². The molecule has 4 aromatic rings. The first-order chi connectivity index (χ1) is 20.5. The Morgan fingerprint density at radius 2 is 0.864 bits per heavy atom. The SMILES string of the molecule is O=C(O)c1ccc(OCc2ccc(C(F)(F)F)cc2)c(F)c1.O=C(O)c1ccc(OCc2ccc(C(F)(F)F)cc2)c(F)c1. The van der Waals surface area contributed by atoms with E-state index >= 15 is 0 Å². The van der Waals surface area contributed by atoms with E-state index in [1.807, 2.05) is 0 Å². The summed E-state index contributed by atoms with van der Waals surface area (Å²) in [6.45, 7) is -0.275. The van der Waals surface area contributed by atoms with Crippen molar-refractivity contribution < 1.29 is 64.4 Å². The zero-order valence-electron chi connectivity index (χ0n) is 22.0. The van der Waals surface area contributed by atoms with Crippen LogP contribution in [0.15, 0.2) is 84.9 Å². The van der Waals surface area contributed by atoms with Crippen LogP contribution in [0.1, 0.15) is 43.0 Å². The lowest BCUT2D eigenvalue weighted by Gasteiger charge is -2.10. The number of carboxylic acids is 2. The molecule has 14 heteroatoms. The van der Waals surface area contributed by atoms with E-state index in [2.05, 4.69) is 0 Å². The Morgan fingerprint density at radius 3 is 1.11 bits per heavy atom. The maximum Gasteiger partial charge on any atom is 0.416 e. The summed E-state index contributed by atoms with van der Waals surface area (Å²) in [5.74, 6) is -4.60. The molecule has 4 aromatic carbocycles. The van der Waals surface area contributed by atoms with Crippen molar-refractivity contribution >= 4 is 11.9 Å². The summed E-state index contributed by atoms with van der Waals surface area (Å²) in [5.41, 5.74) is -1.16. The smallest absolute Gasteiger partial charge is 0.416 e. The van der Waals surface area contributed by atoms with Crippen LogP contribution in [0.25, 0.3) is 0 Å². The van der Waals surface area contributed by atoms with Gasteiger partial charge in [0.25, 0.3) is 0 Å². The predicted molar refractivity (Wildman–Crippen MR) is 138 cm³/mol. The van der Waals surface area contributed by atoms with Crippen LogP contribution in [0.2, 0.25) is 0 Å². The Hall–Kier alpha value is -5.14. The van der Waals surface area contributed by atoms with Gasteiger partial charge in [-0.15, -0.1) is 0 Å². The molecule has 44 heavy (non-hydrogen) atoms. The molecule has 0 unspecified atom stereocenters. The molecule has 0 spiro atoms. The van der Waals surface area contributed by atoms with Gasteiger partial charge < -0.3 is 19.7 Å². The standard InChI is InChI=1S/2C15H10F4O3/c2*16-12-7-10(14(20)21)3-6-13(12)22-8-9-1-4-11(5-2-9)15(17,18)19/h2*1-7H,8H2,(H,20,21). The zero-order chi connectivity index (χ0) is 32.7. The van der Waals surface area contributed by atoms with Gasteiger partial charge in [0.1, 0.15) is 13.2 Å². The third kappa shape index (κ3) is 9.44. The molecule has 0 amide bonds. The van der Waals surface area contributed by atoms with Crippen molar-refractivity contribution in [3.05, 3.63) is 130 Å². The van der Waals surface area contributed by atoms with Crippen LogP contribution in [0.3, 0.4) is 0 Å². The van der Waals surface area contributed by atoms with Gasteiger partial charge >= 0.3 is 24.3 Å². The molecule has 0 aliphatic heterocycles. The van der Waals surface area contributed by atoms with E-state index in [0.29, 0.717) is 11.1 Å². The van der Waals surface area contributed by atoms with Crippen molar-refractivity contribution in [2.24, 2.45) is 0 Å². The highest BCUT2D eigenvalue weighted by Crippen LogP contribution is 2.30. The number of alkyl halides is 6. The molecule has 0 atom stereocenters. The minimum Gasteiger partial charge on any atom is -0.486 e. The number of aromatic carboxylic acids is 2. The van der Waals surface area contributed by atoms with Crippen LogP contribution >= 0.6 is 0 Å². The summed E-state index contributed by atoms with van der Waals surface area (Å²) in [7, 11) is 0. The average Bonchev–Trinajstić information content (AvgIpc) is 2.95. The quantitative estimate of drug-likeness (QED) is 0.191. The number of rotatable bonds is 8. The lowest BCUT2D eigenvalue weighted by atomic mass is 10.1. The summed E-state index contributed by atoms with van der Waals surface area (Å²) >= 11 is 0. The fourth-order valence-corrected chi connectivity index (χ4v) is 3.40. The van der Waals surface area contributed by atoms with Gasteiger partial charge in [0.15, 0.2) is 23.1 Å². The van der Waals surface area contributed by atoms with E-state index in [-0.39, 0.29) is 35.8 Å². The van der Waals surface area contributed by atoms with Crippen LogP contribution < -0.4 is 9.47 Å². The van der Waals surface area contributed by atoms with E-state index < -0.39 is 47.1 Å². The maximum absolute atomic E-state index is 13.6. The van der Waals surface area contributed by atoms with E-state index in [0.717, 1.165) is 48.5 Å². The van der Waals surface area contributed by atoms with Gasteiger partial charge in [0.05, 0.1) is 22.3 Å². The first-order valence-corrected chi connectivity index (χ1v) is 12.2. The molecule has 0 saturated carbocycles. The molecule has 0 radical (unpaired) electrons. The Labute approximate surface area is 243 Å². The Morgan fingerprint density at radius 1 is 0.545 bits per heavy atom.